The zero-order chi connectivity index (χ0) is 14.7. The number of nitrogens with zero attached hydrogens (tertiary/aromatic N) is 1. The fourth-order valence-electron chi connectivity index (χ4n) is 2.38. The summed E-state index contributed by atoms with van der Waals surface area (Å²) in [5.41, 5.74) is -0.0401. The Morgan fingerprint density at radius 2 is 2.20 bits per heavy atom. The van der Waals surface area contributed by atoms with E-state index in [-0.39, 0.29) is 28.3 Å². The summed E-state index contributed by atoms with van der Waals surface area (Å²) >= 11 is 5.77. The fraction of sp³-hybridized carbons (Fsp3) is 0.462. The quantitative estimate of drug-likeness (QED) is 0.658. The van der Waals surface area contributed by atoms with Crippen LogP contribution >= 0.6 is 11.6 Å². The molecule has 1 aliphatic rings. The molecule has 2 rings (SSSR count). The first-order chi connectivity index (χ1) is 9.45. The number of hydrogen-bond donors (Lipinski definition) is 2. The van der Waals surface area contributed by atoms with Crippen LogP contribution in [0.3, 0.4) is 0 Å². The Balaban J connectivity index is 2.00. The second kappa shape index (κ2) is 6.19. The van der Waals surface area contributed by atoms with Crippen LogP contribution in [-0.2, 0) is 0 Å². The van der Waals surface area contributed by atoms with Gasteiger partial charge in [0.15, 0.2) is 0 Å². The number of carbonyl (C=O) groups excluding carboxylic acids is 1. The molecule has 0 aromatic heterocycles. The molecule has 0 bridgehead atoms. The molecule has 2 unspecified atom stereocenters. The van der Waals surface area contributed by atoms with Crippen LogP contribution in [0.4, 0.5) is 5.69 Å². The SMILES string of the molecule is O=C(NCC1CCC(O)C1)c1cc(Cl)cc([N+](=O)[O-])c1. The van der Waals surface area contributed by atoms with Gasteiger partial charge in [-0.3, -0.25) is 14.9 Å². The Labute approximate surface area is 120 Å². The van der Waals surface area contributed by atoms with E-state index in [1.807, 2.05) is 0 Å². The van der Waals surface area contributed by atoms with E-state index in [4.69, 9.17) is 11.6 Å². The molecule has 0 aliphatic heterocycles. The molecule has 0 spiro atoms. The highest BCUT2D eigenvalue weighted by atomic mass is 35.5. The third-order valence-corrected chi connectivity index (χ3v) is 3.64. The fourth-order valence-corrected chi connectivity index (χ4v) is 2.61. The third kappa shape index (κ3) is 3.68. The van der Waals surface area contributed by atoms with Gasteiger partial charge >= 0.3 is 0 Å². The van der Waals surface area contributed by atoms with Crippen LogP contribution in [0, 0.1) is 16.0 Å². The molecule has 7 heteroatoms. The minimum Gasteiger partial charge on any atom is -0.393 e. The van der Waals surface area contributed by atoms with Gasteiger partial charge in [-0.2, -0.15) is 0 Å². The van der Waals surface area contributed by atoms with Gasteiger partial charge in [0.05, 0.1) is 11.0 Å². The number of nitro groups is 1. The van der Waals surface area contributed by atoms with Gasteiger partial charge < -0.3 is 10.4 Å². The first-order valence-corrected chi connectivity index (χ1v) is 6.74. The highest BCUT2D eigenvalue weighted by Gasteiger charge is 2.23. The smallest absolute Gasteiger partial charge is 0.271 e. The number of aliphatic hydroxyl groups excluding tert-OH is 1. The zero-order valence-corrected chi connectivity index (χ0v) is 11.5. The van der Waals surface area contributed by atoms with Gasteiger partial charge in [0.2, 0.25) is 0 Å². The lowest BCUT2D eigenvalue weighted by Crippen LogP contribution is -2.28. The largest absolute Gasteiger partial charge is 0.393 e. The monoisotopic (exact) mass is 298 g/mol. The summed E-state index contributed by atoms with van der Waals surface area (Å²) in [7, 11) is 0. The van der Waals surface area contributed by atoms with Crippen molar-refractivity contribution in [3.8, 4) is 0 Å². The van der Waals surface area contributed by atoms with Crippen molar-refractivity contribution in [3.05, 3.63) is 38.9 Å². The molecule has 20 heavy (non-hydrogen) atoms. The number of amides is 1. The lowest BCUT2D eigenvalue weighted by Gasteiger charge is -2.11. The number of halogens is 1. The van der Waals surface area contributed by atoms with Gasteiger partial charge in [0, 0.05) is 29.3 Å². The average molecular weight is 299 g/mol. The molecule has 1 aliphatic carbocycles. The van der Waals surface area contributed by atoms with Crippen LogP contribution in [0.1, 0.15) is 29.6 Å². The van der Waals surface area contributed by atoms with E-state index in [0.717, 1.165) is 12.8 Å². The standard InChI is InChI=1S/C13H15ClN2O4/c14-10-4-9(5-11(6-10)16(19)20)13(18)15-7-8-1-2-12(17)3-8/h4-6,8,12,17H,1-3,7H2,(H,15,18). The molecule has 0 saturated heterocycles. The normalized spacial score (nSPS) is 21.7. The second-order valence-corrected chi connectivity index (χ2v) is 5.43. The van der Waals surface area contributed by atoms with Gasteiger partial charge in [-0.15, -0.1) is 0 Å². The predicted molar refractivity (Wildman–Crippen MR) is 73.8 cm³/mol. The number of carbonyl (C=O) groups is 1. The van der Waals surface area contributed by atoms with Gasteiger partial charge in [-0.25, -0.2) is 0 Å². The van der Waals surface area contributed by atoms with Gasteiger partial charge in [0.1, 0.15) is 0 Å². The number of aliphatic hydroxyl groups is 1. The van der Waals surface area contributed by atoms with E-state index in [1.165, 1.54) is 18.2 Å². The summed E-state index contributed by atoms with van der Waals surface area (Å²) in [6.07, 6.45) is 2.01. The summed E-state index contributed by atoms with van der Waals surface area (Å²) in [4.78, 5) is 22.1. The van der Waals surface area contributed by atoms with Crippen LogP contribution in [0.5, 0.6) is 0 Å². The minimum atomic E-state index is -0.587. The predicted octanol–water partition coefficient (Wildman–Crippen LogP) is 2.14. The Morgan fingerprint density at radius 3 is 2.80 bits per heavy atom. The zero-order valence-electron chi connectivity index (χ0n) is 10.7. The number of non-ortho nitro benzene ring substituents is 1. The molecule has 0 radical (unpaired) electrons. The maximum absolute atomic E-state index is 12.0. The van der Waals surface area contributed by atoms with Crippen molar-refractivity contribution in [1.82, 2.24) is 5.32 Å². The highest BCUT2D eigenvalue weighted by Crippen LogP contribution is 2.25. The van der Waals surface area contributed by atoms with Crippen molar-refractivity contribution in [3.63, 3.8) is 0 Å². The van der Waals surface area contributed by atoms with Crippen molar-refractivity contribution in [2.75, 3.05) is 6.54 Å². The Morgan fingerprint density at radius 1 is 1.45 bits per heavy atom. The molecule has 1 saturated carbocycles. The lowest BCUT2D eigenvalue weighted by molar-refractivity contribution is -0.384. The summed E-state index contributed by atoms with van der Waals surface area (Å²) < 4.78 is 0. The summed E-state index contributed by atoms with van der Waals surface area (Å²) in [6.45, 7) is 0.455. The van der Waals surface area contributed by atoms with Crippen molar-refractivity contribution in [1.29, 1.82) is 0 Å². The molecule has 6 nitrogen and oxygen atoms in total. The first kappa shape index (κ1) is 14.7. The molecule has 2 atom stereocenters. The Kier molecular flexibility index (Phi) is 4.57. The average Bonchev–Trinajstić information content (AvgIpc) is 2.81. The molecule has 1 aromatic rings. The molecule has 2 N–H and O–H groups in total. The van der Waals surface area contributed by atoms with E-state index in [0.29, 0.717) is 13.0 Å². The molecule has 0 heterocycles. The Bertz CT molecular complexity index is 535. The first-order valence-electron chi connectivity index (χ1n) is 6.37. The molecule has 1 aromatic carbocycles. The number of benzene rings is 1. The van der Waals surface area contributed by atoms with Crippen molar-refractivity contribution in [2.24, 2.45) is 5.92 Å². The summed E-state index contributed by atoms with van der Waals surface area (Å²) in [5, 5.41) is 23.0. The topological polar surface area (TPSA) is 92.5 Å². The molecule has 1 amide bonds. The van der Waals surface area contributed by atoms with Crippen LogP contribution in [0.25, 0.3) is 0 Å². The summed E-state index contributed by atoms with van der Waals surface area (Å²) in [5.74, 6) is -0.139. The van der Waals surface area contributed by atoms with Crippen molar-refractivity contribution in [2.45, 2.75) is 25.4 Å². The Hall–Kier alpha value is -1.66. The maximum atomic E-state index is 12.0. The summed E-state index contributed by atoms with van der Waals surface area (Å²) in [6, 6.07) is 3.80. The van der Waals surface area contributed by atoms with Crippen LogP contribution < -0.4 is 5.32 Å². The van der Waals surface area contributed by atoms with E-state index in [1.54, 1.807) is 0 Å². The van der Waals surface area contributed by atoms with Gasteiger partial charge in [-0.05, 0) is 31.2 Å². The molecular weight excluding hydrogens is 284 g/mol. The molecule has 1 fully saturated rings. The number of nitro benzene ring substituents is 1. The van der Waals surface area contributed by atoms with E-state index >= 15 is 0 Å². The van der Waals surface area contributed by atoms with Crippen molar-refractivity contribution >= 4 is 23.2 Å². The van der Waals surface area contributed by atoms with E-state index in [2.05, 4.69) is 5.32 Å². The number of rotatable bonds is 4. The molecular formula is C13H15ClN2O4. The van der Waals surface area contributed by atoms with Gasteiger partial charge in [0.25, 0.3) is 11.6 Å². The molecule has 108 valence electrons. The van der Waals surface area contributed by atoms with Crippen LogP contribution in [0.15, 0.2) is 18.2 Å². The number of nitrogens with one attached hydrogen (secondary N) is 1. The minimum absolute atomic E-state index is 0.153. The van der Waals surface area contributed by atoms with Crippen LogP contribution in [0.2, 0.25) is 5.02 Å². The third-order valence-electron chi connectivity index (χ3n) is 3.42. The second-order valence-electron chi connectivity index (χ2n) is 5.00. The maximum Gasteiger partial charge on any atom is 0.271 e. The van der Waals surface area contributed by atoms with E-state index < -0.39 is 10.8 Å². The number of hydrogen-bond acceptors (Lipinski definition) is 4. The van der Waals surface area contributed by atoms with E-state index in [9.17, 15) is 20.0 Å². The lowest BCUT2D eigenvalue weighted by atomic mass is 10.1. The van der Waals surface area contributed by atoms with Crippen molar-refractivity contribution < 1.29 is 14.8 Å². The van der Waals surface area contributed by atoms with Gasteiger partial charge in [-0.1, -0.05) is 11.6 Å². The van der Waals surface area contributed by atoms with Crippen LogP contribution in [-0.4, -0.2) is 28.6 Å². The highest BCUT2D eigenvalue weighted by molar-refractivity contribution is 6.31.